The van der Waals surface area contributed by atoms with Crippen molar-refractivity contribution >= 4 is 0 Å². The Hall–Kier alpha value is -0.200. The Bertz CT molecular complexity index is 232. The van der Waals surface area contributed by atoms with Crippen molar-refractivity contribution < 1.29 is 19.7 Å². The van der Waals surface area contributed by atoms with Gasteiger partial charge in [-0.05, 0) is 6.42 Å². The summed E-state index contributed by atoms with van der Waals surface area (Å²) in [5, 5.41) is 23.1. The van der Waals surface area contributed by atoms with Crippen LogP contribution in [0.5, 0.6) is 0 Å². The van der Waals surface area contributed by atoms with Crippen LogP contribution in [0.3, 0.4) is 0 Å². The minimum Gasteiger partial charge on any atom is -0.389 e. The van der Waals surface area contributed by atoms with Crippen molar-refractivity contribution in [1.29, 1.82) is 0 Å². The van der Waals surface area contributed by atoms with Crippen molar-refractivity contribution in [3.63, 3.8) is 0 Å². The minimum absolute atomic E-state index is 0.362. The molecule has 0 spiro atoms. The van der Waals surface area contributed by atoms with Crippen molar-refractivity contribution in [3.8, 4) is 0 Å². The summed E-state index contributed by atoms with van der Waals surface area (Å²) in [6.07, 6.45) is 5.53. The van der Waals surface area contributed by atoms with E-state index in [1.165, 1.54) is 19.3 Å². The monoisotopic (exact) mass is 289 g/mol. The van der Waals surface area contributed by atoms with Gasteiger partial charge in [-0.3, -0.25) is 0 Å². The predicted octanol–water partition coefficient (Wildman–Crippen LogP) is 1.08. The zero-order valence-electron chi connectivity index (χ0n) is 12.8. The molecular formula is C15H31NO4. The molecule has 1 aliphatic rings. The Balaban J connectivity index is 1.95. The van der Waals surface area contributed by atoms with Crippen molar-refractivity contribution in [2.45, 2.75) is 57.2 Å². The highest BCUT2D eigenvalue weighted by Gasteiger charge is 2.29. The van der Waals surface area contributed by atoms with E-state index in [1.807, 2.05) is 0 Å². The fourth-order valence-electron chi connectivity index (χ4n) is 2.31. The zero-order valence-corrected chi connectivity index (χ0v) is 12.8. The molecule has 3 N–H and O–H groups in total. The van der Waals surface area contributed by atoms with Crippen LogP contribution in [-0.2, 0) is 9.47 Å². The largest absolute Gasteiger partial charge is 0.389 e. The Morgan fingerprint density at radius 1 is 1.25 bits per heavy atom. The molecule has 0 aromatic carbocycles. The van der Waals surface area contributed by atoms with E-state index in [1.54, 1.807) is 0 Å². The molecule has 0 aromatic rings. The first kappa shape index (κ1) is 17.9. The van der Waals surface area contributed by atoms with Crippen molar-refractivity contribution in [1.82, 2.24) is 5.32 Å². The topological polar surface area (TPSA) is 71.0 Å². The summed E-state index contributed by atoms with van der Waals surface area (Å²) in [4.78, 5) is 0. The summed E-state index contributed by atoms with van der Waals surface area (Å²) < 4.78 is 10.7. The second-order valence-electron chi connectivity index (χ2n) is 5.76. The molecule has 0 saturated carbocycles. The molecule has 0 aromatic heterocycles. The lowest BCUT2D eigenvalue weighted by molar-refractivity contribution is -0.0631. The third-order valence-corrected chi connectivity index (χ3v) is 3.71. The molecular weight excluding hydrogens is 258 g/mol. The molecule has 1 rings (SSSR count). The summed E-state index contributed by atoms with van der Waals surface area (Å²) >= 11 is 0. The van der Waals surface area contributed by atoms with E-state index < -0.39 is 11.7 Å². The van der Waals surface area contributed by atoms with Gasteiger partial charge in [0.05, 0.1) is 18.3 Å². The number of aliphatic hydroxyl groups is 2. The highest BCUT2D eigenvalue weighted by molar-refractivity contribution is 4.83. The van der Waals surface area contributed by atoms with E-state index in [9.17, 15) is 10.2 Å². The molecule has 1 unspecified atom stereocenters. The fourth-order valence-corrected chi connectivity index (χ4v) is 2.31. The molecule has 1 aliphatic heterocycles. The number of nitrogens with one attached hydrogen (secondary N) is 1. The number of hydrogen-bond acceptors (Lipinski definition) is 5. The highest BCUT2D eigenvalue weighted by atomic mass is 16.5. The first-order chi connectivity index (χ1) is 9.66. The average molecular weight is 289 g/mol. The van der Waals surface area contributed by atoms with Gasteiger partial charge in [-0.15, -0.1) is 0 Å². The lowest BCUT2D eigenvalue weighted by Gasteiger charge is -2.32. The Labute approximate surface area is 122 Å². The zero-order chi connectivity index (χ0) is 14.7. The summed E-state index contributed by atoms with van der Waals surface area (Å²) in [5.41, 5.74) is -0.682. The van der Waals surface area contributed by atoms with Crippen LogP contribution < -0.4 is 5.32 Å². The smallest absolute Gasteiger partial charge is 0.0897 e. The molecule has 0 radical (unpaired) electrons. The molecule has 1 atom stereocenters. The number of unbranched alkanes of at least 4 members (excludes halogenated alkanes) is 3. The van der Waals surface area contributed by atoms with Crippen LogP contribution in [0.2, 0.25) is 0 Å². The molecule has 0 bridgehead atoms. The average Bonchev–Trinajstić information content (AvgIpc) is 2.43. The fraction of sp³-hybridized carbons (Fsp3) is 1.00. The van der Waals surface area contributed by atoms with Gasteiger partial charge in [0.1, 0.15) is 0 Å². The molecule has 20 heavy (non-hydrogen) atoms. The van der Waals surface area contributed by atoms with E-state index >= 15 is 0 Å². The van der Waals surface area contributed by atoms with Crippen molar-refractivity contribution in [2.75, 3.05) is 39.5 Å². The van der Waals surface area contributed by atoms with E-state index in [0.29, 0.717) is 45.8 Å². The van der Waals surface area contributed by atoms with Gasteiger partial charge in [-0.1, -0.05) is 26.2 Å². The normalized spacial score (nSPS) is 19.9. The van der Waals surface area contributed by atoms with Gasteiger partial charge in [0, 0.05) is 45.8 Å². The maximum absolute atomic E-state index is 10.2. The van der Waals surface area contributed by atoms with Crippen LogP contribution >= 0.6 is 0 Å². The summed E-state index contributed by atoms with van der Waals surface area (Å²) in [7, 11) is 0. The standard InChI is InChI=1S/C15H31NO4/c1-2-3-4-5-8-20-12-14(17)11-16-13-15(18)6-9-19-10-7-15/h14,16-18H,2-13H2,1H3. The lowest BCUT2D eigenvalue weighted by atomic mass is 9.94. The predicted molar refractivity (Wildman–Crippen MR) is 78.8 cm³/mol. The molecule has 1 heterocycles. The molecule has 0 aliphatic carbocycles. The minimum atomic E-state index is -0.682. The third kappa shape index (κ3) is 8.17. The van der Waals surface area contributed by atoms with Gasteiger partial charge >= 0.3 is 0 Å². The number of ether oxygens (including phenoxy) is 2. The highest BCUT2D eigenvalue weighted by Crippen LogP contribution is 2.19. The molecule has 1 fully saturated rings. The van der Waals surface area contributed by atoms with Crippen LogP contribution in [-0.4, -0.2) is 61.4 Å². The van der Waals surface area contributed by atoms with E-state index in [0.717, 1.165) is 13.0 Å². The maximum atomic E-state index is 10.2. The SMILES string of the molecule is CCCCCCOCC(O)CNCC1(O)CCOCC1. The second-order valence-corrected chi connectivity index (χ2v) is 5.76. The van der Waals surface area contributed by atoms with E-state index in [4.69, 9.17) is 9.47 Å². The molecule has 1 saturated heterocycles. The van der Waals surface area contributed by atoms with Crippen LogP contribution in [0.25, 0.3) is 0 Å². The summed E-state index contributed by atoms with van der Waals surface area (Å²) in [6, 6.07) is 0. The molecule has 120 valence electrons. The number of rotatable bonds is 11. The van der Waals surface area contributed by atoms with Crippen LogP contribution in [0.1, 0.15) is 45.4 Å². The molecule has 0 amide bonds. The van der Waals surface area contributed by atoms with Crippen LogP contribution in [0.4, 0.5) is 0 Å². The number of aliphatic hydroxyl groups excluding tert-OH is 1. The van der Waals surface area contributed by atoms with Gasteiger partial charge in [-0.25, -0.2) is 0 Å². The van der Waals surface area contributed by atoms with Crippen LogP contribution in [0.15, 0.2) is 0 Å². The van der Waals surface area contributed by atoms with Gasteiger partial charge < -0.3 is 25.0 Å². The van der Waals surface area contributed by atoms with Crippen molar-refractivity contribution in [2.24, 2.45) is 0 Å². The Morgan fingerprint density at radius 2 is 2.00 bits per heavy atom. The quantitative estimate of drug-likeness (QED) is 0.496. The maximum Gasteiger partial charge on any atom is 0.0897 e. The lowest BCUT2D eigenvalue weighted by Crippen LogP contribution is -2.47. The van der Waals surface area contributed by atoms with Crippen LogP contribution in [0, 0.1) is 0 Å². The van der Waals surface area contributed by atoms with Gasteiger partial charge in [0.25, 0.3) is 0 Å². The van der Waals surface area contributed by atoms with Crippen molar-refractivity contribution in [3.05, 3.63) is 0 Å². The Kier molecular flexibility index (Phi) is 9.39. The van der Waals surface area contributed by atoms with Gasteiger partial charge in [0.2, 0.25) is 0 Å². The van der Waals surface area contributed by atoms with Gasteiger partial charge in [-0.2, -0.15) is 0 Å². The van der Waals surface area contributed by atoms with E-state index in [-0.39, 0.29) is 0 Å². The summed E-state index contributed by atoms with van der Waals surface area (Å²) in [5.74, 6) is 0. The van der Waals surface area contributed by atoms with Gasteiger partial charge in [0.15, 0.2) is 0 Å². The third-order valence-electron chi connectivity index (χ3n) is 3.71. The first-order valence-electron chi connectivity index (χ1n) is 7.93. The molecule has 5 heteroatoms. The second kappa shape index (κ2) is 10.5. The number of hydrogen-bond donors (Lipinski definition) is 3. The summed E-state index contributed by atoms with van der Waals surface area (Å²) in [6.45, 7) is 5.45. The Morgan fingerprint density at radius 3 is 2.70 bits per heavy atom. The molecule has 5 nitrogen and oxygen atoms in total. The van der Waals surface area contributed by atoms with E-state index in [2.05, 4.69) is 12.2 Å². The first-order valence-corrected chi connectivity index (χ1v) is 7.93.